The Morgan fingerprint density at radius 1 is 1.33 bits per heavy atom. The van der Waals surface area contributed by atoms with E-state index in [-0.39, 0.29) is 0 Å². The molecule has 1 heterocycles. The number of para-hydroxylation sites is 1. The Morgan fingerprint density at radius 2 is 2.13 bits per heavy atom. The van der Waals surface area contributed by atoms with Crippen molar-refractivity contribution in [2.75, 3.05) is 6.54 Å². The zero-order chi connectivity index (χ0) is 10.7. The summed E-state index contributed by atoms with van der Waals surface area (Å²) in [6, 6.07) is 8.82. The lowest BCUT2D eigenvalue weighted by Crippen LogP contribution is -2.32. The van der Waals surface area contributed by atoms with E-state index in [4.69, 9.17) is 4.74 Å². The lowest BCUT2D eigenvalue weighted by molar-refractivity contribution is 0.146. The Labute approximate surface area is 91.6 Å². The Hall–Kier alpha value is -1.02. The second-order valence-corrected chi connectivity index (χ2v) is 4.03. The molecule has 2 atom stereocenters. The van der Waals surface area contributed by atoms with Gasteiger partial charge in [0.1, 0.15) is 11.9 Å². The molecular formula is C13H19NO. The van der Waals surface area contributed by atoms with Crippen LogP contribution < -0.4 is 10.1 Å². The molecule has 2 unspecified atom stereocenters. The highest BCUT2D eigenvalue weighted by Gasteiger charge is 2.25. The van der Waals surface area contributed by atoms with E-state index in [2.05, 4.69) is 37.4 Å². The third-order valence-electron chi connectivity index (χ3n) is 2.99. The number of nitrogens with one attached hydrogen (secondary N) is 1. The fourth-order valence-corrected chi connectivity index (χ4v) is 2.18. The smallest absolute Gasteiger partial charge is 0.124 e. The van der Waals surface area contributed by atoms with Crippen LogP contribution in [-0.4, -0.2) is 12.6 Å². The minimum atomic E-state index is 0.365. The number of ether oxygens (including phenoxy) is 1. The molecule has 0 aliphatic carbocycles. The average molecular weight is 205 g/mol. The van der Waals surface area contributed by atoms with Gasteiger partial charge in [-0.05, 0) is 19.0 Å². The van der Waals surface area contributed by atoms with E-state index in [1.165, 1.54) is 5.56 Å². The molecule has 0 aromatic heterocycles. The van der Waals surface area contributed by atoms with Crippen LogP contribution in [0.3, 0.4) is 0 Å². The van der Waals surface area contributed by atoms with E-state index >= 15 is 0 Å². The number of benzene rings is 1. The number of hydrogen-bond donors (Lipinski definition) is 1. The number of hydrogen-bond acceptors (Lipinski definition) is 2. The van der Waals surface area contributed by atoms with Crippen molar-refractivity contribution >= 4 is 0 Å². The van der Waals surface area contributed by atoms with Crippen molar-refractivity contribution in [3.8, 4) is 5.75 Å². The Balaban J connectivity index is 2.25. The maximum absolute atomic E-state index is 5.92. The first-order chi connectivity index (χ1) is 7.35. The lowest BCUT2D eigenvalue weighted by atomic mass is 9.95. The van der Waals surface area contributed by atoms with Crippen LogP contribution in [0.5, 0.6) is 5.75 Å². The first kappa shape index (κ1) is 10.5. The third-order valence-corrected chi connectivity index (χ3v) is 2.99. The van der Waals surface area contributed by atoms with E-state index < -0.39 is 0 Å². The van der Waals surface area contributed by atoms with Gasteiger partial charge in [0, 0.05) is 18.0 Å². The molecule has 2 heteroatoms. The molecule has 0 saturated carbocycles. The molecule has 0 saturated heterocycles. The van der Waals surface area contributed by atoms with E-state index in [1.807, 2.05) is 6.07 Å². The molecule has 0 fully saturated rings. The average Bonchev–Trinajstić information content (AvgIpc) is 2.29. The van der Waals surface area contributed by atoms with Gasteiger partial charge in [-0.1, -0.05) is 32.0 Å². The minimum absolute atomic E-state index is 0.365. The summed E-state index contributed by atoms with van der Waals surface area (Å²) in [6.45, 7) is 5.34. The Morgan fingerprint density at radius 3 is 2.87 bits per heavy atom. The Bertz CT molecular complexity index is 324. The van der Waals surface area contributed by atoms with Crippen molar-refractivity contribution in [2.24, 2.45) is 0 Å². The molecule has 2 nitrogen and oxygen atoms in total. The van der Waals surface area contributed by atoms with Gasteiger partial charge in [0.15, 0.2) is 0 Å². The quantitative estimate of drug-likeness (QED) is 0.819. The predicted molar refractivity (Wildman–Crippen MR) is 62.2 cm³/mol. The van der Waals surface area contributed by atoms with Crippen LogP contribution in [0.4, 0.5) is 0 Å². The van der Waals surface area contributed by atoms with Crippen LogP contribution in [0.25, 0.3) is 0 Å². The van der Waals surface area contributed by atoms with E-state index in [0.717, 1.165) is 25.1 Å². The molecule has 15 heavy (non-hydrogen) atoms. The van der Waals surface area contributed by atoms with Gasteiger partial charge >= 0.3 is 0 Å². The molecular weight excluding hydrogens is 186 g/mol. The second kappa shape index (κ2) is 4.67. The maximum Gasteiger partial charge on any atom is 0.124 e. The summed E-state index contributed by atoms with van der Waals surface area (Å²) in [4.78, 5) is 0. The van der Waals surface area contributed by atoms with Gasteiger partial charge in [-0.2, -0.15) is 0 Å². The van der Waals surface area contributed by atoms with Crippen LogP contribution in [0.1, 0.15) is 38.3 Å². The van der Waals surface area contributed by atoms with Crippen LogP contribution >= 0.6 is 0 Å². The molecule has 0 bridgehead atoms. The zero-order valence-corrected chi connectivity index (χ0v) is 9.49. The van der Waals surface area contributed by atoms with Crippen molar-refractivity contribution in [2.45, 2.75) is 38.8 Å². The molecule has 0 amide bonds. The summed E-state index contributed by atoms with van der Waals surface area (Å²) in [5.41, 5.74) is 1.31. The fourth-order valence-electron chi connectivity index (χ4n) is 2.18. The van der Waals surface area contributed by atoms with Crippen molar-refractivity contribution < 1.29 is 4.74 Å². The molecule has 0 spiro atoms. The van der Waals surface area contributed by atoms with Gasteiger partial charge in [0.25, 0.3) is 0 Å². The van der Waals surface area contributed by atoms with E-state index in [9.17, 15) is 0 Å². The molecule has 0 radical (unpaired) electrons. The lowest BCUT2D eigenvalue weighted by Gasteiger charge is -2.32. The standard InChI is InChI=1S/C13H19NO/c1-3-10-9-12(14-4-2)11-7-5-6-8-13(11)15-10/h5-8,10,12,14H,3-4,9H2,1-2H3. The zero-order valence-electron chi connectivity index (χ0n) is 9.49. The highest BCUT2D eigenvalue weighted by molar-refractivity contribution is 5.37. The molecule has 1 aromatic carbocycles. The maximum atomic E-state index is 5.92. The van der Waals surface area contributed by atoms with Crippen LogP contribution in [0, 0.1) is 0 Å². The molecule has 1 aliphatic heterocycles. The molecule has 1 aromatic rings. The van der Waals surface area contributed by atoms with Crippen LogP contribution in [-0.2, 0) is 0 Å². The van der Waals surface area contributed by atoms with Crippen LogP contribution in [0.2, 0.25) is 0 Å². The Kier molecular flexibility index (Phi) is 3.27. The summed E-state index contributed by atoms with van der Waals surface area (Å²) in [5, 5.41) is 3.52. The van der Waals surface area contributed by atoms with Crippen molar-refractivity contribution in [1.29, 1.82) is 0 Å². The van der Waals surface area contributed by atoms with E-state index in [0.29, 0.717) is 12.1 Å². The van der Waals surface area contributed by atoms with Gasteiger partial charge in [-0.3, -0.25) is 0 Å². The molecule has 2 rings (SSSR count). The summed E-state index contributed by atoms with van der Waals surface area (Å²) in [6.07, 6.45) is 2.53. The van der Waals surface area contributed by atoms with Gasteiger partial charge in [0.2, 0.25) is 0 Å². The predicted octanol–water partition coefficient (Wildman–Crippen LogP) is 2.90. The van der Waals surface area contributed by atoms with Gasteiger partial charge < -0.3 is 10.1 Å². The first-order valence-corrected chi connectivity index (χ1v) is 5.84. The largest absolute Gasteiger partial charge is 0.490 e. The number of fused-ring (bicyclic) bond motifs is 1. The third kappa shape index (κ3) is 2.15. The molecule has 1 aliphatic rings. The SMILES string of the molecule is CCNC1CC(CC)Oc2ccccc21. The number of rotatable bonds is 3. The monoisotopic (exact) mass is 205 g/mol. The minimum Gasteiger partial charge on any atom is -0.490 e. The summed E-state index contributed by atoms with van der Waals surface area (Å²) < 4.78 is 5.92. The molecule has 1 N–H and O–H groups in total. The van der Waals surface area contributed by atoms with Gasteiger partial charge in [-0.15, -0.1) is 0 Å². The summed E-state index contributed by atoms with van der Waals surface area (Å²) >= 11 is 0. The second-order valence-electron chi connectivity index (χ2n) is 4.03. The van der Waals surface area contributed by atoms with Gasteiger partial charge in [0.05, 0.1) is 0 Å². The summed E-state index contributed by atoms with van der Waals surface area (Å²) in [7, 11) is 0. The normalized spacial score (nSPS) is 24.4. The highest BCUT2D eigenvalue weighted by Crippen LogP contribution is 2.35. The van der Waals surface area contributed by atoms with E-state index in [1.54, 1.807) is 0 Å². The fraction of sp³-hybridized carbons (Fsp3) is 0.538. The first-order valence-electron chi connectivity index (χ1n) is 5.84. The van der Waals surface area contributed by atoms with Gasteiger partial charge in [-0.25, -0.2) is 0 Å². The van der Waals surface area contributed by atoms with Crippen molar-refractivity contribution in [3.05, 3.63) is 29.8 Å². The topological polar surface area (TPSA) is 21.3 Å². The van der Waals surface area contributed by atoms with Crippen molar-refractivity contribution in [1.82, 2.24) is 5.32 Å². The highest BCUT2D eigenvalue weighted by atomic mass is 16.5. The molecule has 82 valence electrons. The van der Waals surface area contributed by atoms with Crippen molar-refractivity contribution in [3.63, 3.8) is 0 Å². The van der Waals surface area contributed by atoms with Crippen LogP contribution in [0.15, 0.2) is 24.3 Å². The summed E-state index contributed by atoms with van der Waals surface area (Å²) in [5.74, 6) is 1.06.